The molecular formula is C26H29ClFN7O2. The molecule has 6 rings (SSSR count). The lowest BCUT2D eigenvalue weighted by atomic mass is 9.71. The van der Waals surface area contributed by atoms with Gasteiger partial charge in [0.25, 0.3) is 5.91 Å². The van der Waals surface area contributed by atoms with Gasteiger partial charge in [-0.1, -0.05) is 11.6 Å². The number of benzene rings is 1. The SMILES string of the molecule is O=C(N[C@H]1CC[C@@]2(CCN(c3ccc(F)cc3Cl)C2=O)CC1)c1cnn2ccc(N3CCNCC3)nc12. The van der Waals surface area contributed by atoms with Crippen LogP contribution in [-0.2, 0) is 4.79 Å². The number of fused-ring (bicyclic) bond motifs is 1. The van der Waals surface area contributed by atoms with Gasteiger partial charge in [0, 0.05) is 45.0 Å². The molecule has 0 atom stereocenters. The van der Waals surface area contributed by atoms with E-state index in [0.29, 0.717) is 49.1 Å². The standard InChI is InChI=1S/C26H29ClFN7O2/c27-20-15-17(28)1-2-21(20)34-12-8-26(25(34)37)6-3-18(4-7-26)31-24(36)19-16-30-35-11-5-22(32-23(19)35)33-13-9-29-10-14-33/h1-2,5,11,15-16,18,29H,3-4,6-10,12-14H2,(H,31,36)/t18-,26-. The molecule has 2 N–H and O–H groups in total. The number of halogens is 2. The quantitative estimate of drug-likeness (QED) is 0.544. The minimum Gasteiger partial charge on any atom is -0.354 e. The number of nitrogens with one attached hydrogen (secondary N) is 2. The Morgan fingerprint density at radius 2 is 1.92 bits per heavy atom. The second-order valence-corrected chi connectivity index (χ2v) is 10.6. The highest BCUT2D eigenvalue weighted by Gasteiger charge is 2.49. The average molecular weight is 526 g/mol. The van der Waals surface area contributed by atoms with E-state index in [1.807, 2.05) is 12.3 Å². The Kier molecular flexibility index (Phi) is 6.24. The molecule has 1 aliphatic carbocycles. The Labute approximate surface area is 219 Å². The molecule has 9 nitrogen and oxygen atoms in total. The molecule has 2 saturated heterocycles. The van der Waals surface area contributed by atoms with Crippen molar-refractivity contribution in [3.8, 4) is 0 Å². The second kappa shape index (κ2) is 9.57. The lowest BCUT2D eigenvalue weighted by Gasteiger charge is -2.36. The fraction of sp³-hybridized carbons (Fsp3) is 0.462. The highest BCUT2D eigenvalue weighted by Crippen LogP contribution is 2.47. The van der Waals surface area contributed by atoms with Crippen molar-refractivity contribution in [2.45, 2.75) is 38.1 Å². The molecule has 1 aromatic carbocycles. The molecule has 1 saturated carbocycles. The van der Waals surface area contributed by atoms with Gasteiger partial charge in [-0.05, 0) is 56.4 Å². The summed E-state index contributed by atoms with van der Waals surface area (Å²) in [5, 5.41) is 11.0. The summed E-state index contributed by atoms with van der Waals surface area (Å²) in [6.45, 7) is 4.10. The molecule has 2 aliphatic heterocycles. The Hall–Kier alpha value is -3.24. The van der Waals surface area contributed by atoms with Crippen LogP contribution in [-0.4, -0.2) is 65.2 Å². The van der Waals surface area contributed by atoms with E-state index >= 15 is 0 Å². The number of piperazine rings is 1. The first kappa shape index (κ1) is 24.1. The first-order valence-corrected chi connectivity index (χ1v) is 13.2. The second-order valence-electron chi connectivity index (χ2n) is 10.2. The first-order chi connectivity index (χ1) is 17.9. The van der Waals surface area contributed by atoms with Crippen molar-refractivity contribution in [3.63, 3.8) is 0 Å². The number of carbonyl (C=O) groups excluding carboxylic acids is 2. The molecule has 3 fully saturated rings. The molecule has 194 valence electrons. The molecule has 0 radical (unpaired) electrons. The maximum absolute atomic E-state index is 13.5. The molecule has 11 heteroatoms. The van der Waals surface area contributed by atoms with Crippen LogP contribution in [0.2, 0.25) is 5.02 Å². The van der Waals surface area contributed by atoms with Crippen molar-refractivity contribution < 1.29 is 14.0 Å². The number of anilines is 2. The summed E-state index contributed by atoms with van der Waals surface area (Å²) in [5.74, 6) is 0.262. The lowest BCUT2D eigenvalue weighted by Crippen LogP contribution is -2.44. The van der Waals surface area contributed by atoms with E-state index in [4.69, 9.17) is 16.6 Å². The van der Waals surface area contributed by atoms with Gasteiger partial charge >= 0.3 is 0 Å². The number of hydrogen-bond acceptors (Lipinski definition) is 6. The Morgan fingerprint density at radius 3 is 2.68 bits per heavy atom. The van der Waals surface area contributed by atoms with Gasteiger partial charge in [0.05, 0.1) is 22.3 Å². The summed E-state index contributed by atoms with van der Waals surface area (Å²) in [6, 6.07) is 6.03. The van der Waals surface area contributed by atoms with Gasteiger partial charge in [-0.25, -0.2) is 13.9 Å². The van der Waals surface area contributed by atoms with E-state index in [2.05, 4.69) is 20.6 Å². The smallest absolute Gasteiger partial charge is 0.256 e. The van der Waals surface area contributed by atoms with Gasteiger partial charge in [0.1, 0.15) is 17.2 Å². The van der Waals surface area contributed by atoms with Crippen LogP contribution < -0.4 is 20.4 Å². The fourth-order valence-corrected chi connectivity index (χ4v) is 6.15. The van der Waals surface area contributed by atoms with E-state index in [1.54, 1.807) is 21.7 Å². The van der Waals surface area contributed by atoms with Crippen molar-refractivity contribution >= 4 is 40.6 Å². The van der Waals surface area contributed by atoms with E-state index in [9.17, 15) is 14.0 Å². The first-order valence-electron chi connectivity index (χ1n) is 12.8. The minimum atomic E-state index is -0.455. The number of carbonyl (C=O) groups is 2. The van der Waals surface area contributed by atoms with Crippen LogP contribution in [0.1, 0.15) is 42.5 Å². The van der Waals surface area contributed by atoms with Crippen LogP contribution in [0.3, 0.4) is 0 Å². The summed E-state index contributed by atoms with van der Waals surface area (Å²) < 4.78 is 15.1. The van der Waals surface area contributed by atoms with Gasteiger partial charge < -0.3 is 20.4 Å². The predicted octanol–water partition coefficient (Wildman–Crippen LogP) is 3.03. The summed E-state index contributed by atoms with van der Waals surface area (Å²) in [6.07, 6.45) is 6.92. The third-order valence-corrected chi connectivity index (χ3v) is 8.33. The maximum atomic E-state index is 13.5. The van der Waals surface area contributed by atoms with Crippen molar-refractivity contribution in [1.29, 1.82) is 0 Å². The van der Waals surface area contributed by atoms with Crippen LogP contribution in [0.25, 0.3) is 5.65 Å². The number of nitrogens with zero attached hydrogens (tertiary/aromatic N) is 5. The minimum absolute atomic E-state index is 0.0271. The molecule has 37 heavy (non-hydrogen) atoms. The van der Waals surface area contributed by atoms with Crippen molar-refractivity contribution in [2.75, 3.05) is 42.5 Å². The normalized spacial score (nSPS) is 24.3. The van der Waals surface area contributed by atoms with Crippen molar-refractivity contribution in [2.24, 2.45) is 5.41 Å². The molecule has 0 unspecified atom stereocenters. The summed E-state index contributed by atoms with van der Waals surface area (Å²) >= 11 is 6.23. The molecule has 0 bridgehead atoms. The zero-order chi connectivity index (χ0) is 25.6. The van der Waals surface area contributed by atoms with E-state index < -0.39 is 11.2 Å². The van der Waals surface area contributed by atoms with Crippen molar-refractivity contribution in [3.05, 3.63) is 53.1 Å². The van der Waals surface area contributed by atoms with Crippen molar-refractivity contribution in [1.82, 2.24) is 25.2 Å². The topological polar surface area (TPSA) is 94.9 Å². The lowest BCUT2D eigenvalue weighted by molar-refractivity contribution is -0.127. The summed E-state index contributed by atoms with van der Waals surface area (Å²) in [5.41, 5.74) is 1.09. The van der Waals surface area contributed by atoms with E-state index in [-0.39, 0.29) is 22.9 Å². The Morgan fingerprint density at radius 1 is 1.14 bits per heavy atom. The molecular weight excluding hydrogens is 497 g/mol. The maximum Gasteiger partial charge on any atom is 0.256 e. The molecule has 4 heterocycles. The predicted molar refractivity (Wildman–Crippen MR) is 139 cm³/mol. The van der Waals surface area contributed by atoms with Crippen LogP contribution in [0.4, 0.5) is 15.9 Å². The van der Waals surface area contributed by atoms with Crippen LogP contribution >= 0.6 is 11.6 Å². The number of amides is 2. The van der Waals surface area contributed by atoms with Crippen LogP contribution in [0.5, 0.6) is 0 Å². The van der Waals surface area contributed by atoms with Gasteiger partial charge in [-0.3, -0.25) is 9.59 Å². The highest BCUT2D eigenvalue weighted by molar-refractivity contribution is 6.34. The largest absolute Gasteiger partial charge is 0.354 e. The Bertz CT molecular complexity index is 1350. The molecule has 1 spiro atoms. The highest BCUT2D eigenvalue weighted by atomic mass is 35.5. The summed E-state index contributed by atoms with van der Waals surface area (Å²) in [4.78, 5) is 35.2. The third-order valence-electron chi connectivity index (χ3n) is 8.03. The number of hydrogen-bond donors (Lipinski definition) is 2. The summed E-state index contributed by atoms with van der Waals surface area (Å²) in [7, 11) is 0. The van der Waals surface area contributed by atoms with Gasteiger partial charge in [-0.2, -0.15) is 5.10 Å². The van der Waals surface area contributed by atoms with Gasteiger partial charge in [0.2, 0.25) is 5.91 Å². The molecule has 2 amide bonds. The number of aromatic nitrogens is 3. The van der Waals surface area contributed by atoms with Gasteiger partial charge in [0.15, 0.2) is 5.65 Å². The van der Waals surface area contributed by atoms with Gasteiger partial charge in [-0.15, -0.1) is 0 Å². The van der Waals surface area contributed by atoms with Crippen LogP contribution in [0, 0.1) is 11.2 Å². The fourth-order valence-electron chi connectivity index (χ4n) is 5.88. The zero-order valence-electron chi connectivity index (χ0n) is 20.4. The van der Waals surface area contributed by atoms with E-state index in [0.717, 1.165) is 38.4 Å². The van der Waals surface area contributed by atoms with Crippen LogP contribution in [0.15, 0.2) is 36.7 Å². The molecule has 3 aromatic rings. The number of rotatable bonds is 4. The van der Waals surface area contributed by atoms with E-state index in [1.165, 1.54) is 12.1 Å². The molecule has 2 aromatic heterocycles. The molecule has 3 aliphatic rings. The third kappa shape index (κ3) is 4.42. The zero-order valence-corrected chi connectivity index (χ0v) is 21.2. The monoisotopic (exact) mass is 525 g/mol. The Balaban J connectivity index is 1.11. The average Bonchev–Trinajstić information content (AvgIpc) is 3.47.